The van der Waals surface area contributed by atoms with Gasteiger partial charge in [-0.1, -0.05) is 0 Å². The number of rotatable bonds is 2. The third-order valence-corrected chi connectivity index (χ3v) is 3.73. The molecule has 6 heteroatoms. The van der Waals surface area contributed by atoms with Crippen molar-refractivity contribution in [3.63, 3.8) is 0 Å². The fourth-order valence-corrected chi connectivity index (χ4v) is 2.74. The first-order valence-electron chi connectivity index (χ1n) is 5.24. The Bertz CT molecular complexity index is 355. The SMILES string of the molecule is O=C(O)N1CCCC([C@H](O)c2nccs2)C1. The number of aliphatic hydroxyl groups is 1. The van der Waals surface area contributed by atoms with E-state index in [0.29, 0.717) is 18.1 Å². The van der Waals surface area contributed by atoms with Gasteiger partial charge in [-0.05, 0) is 12.8 Å². The molecule has 0 aliphatic carbocycles. The molecule has 1 fully saturated rings. The van der Waals surface area contributed by atoms with Crippen LogP contribution in [0.25, 0.3) is 0 Å². The van der Waals surface area contributed by atoms with Crippen LogP contribution in [0.3, 0.4) is 0 Å². The topological polar surface area (TPSA) is 73.7 Å². The Morgan fingerprint density at radius 1 is 1.69 bits per heavy atom. The molecule has 1 amide bonds. The molecule has 1 unspecified atom stereocenters. The van der Waals surface area contributed by atoms with E-state index in [1.165, 1.54) is 16.2 Å². The van der Waals surface area contributed by atoms with Gasteiger partial charge in [-0.25, -0.2) is 9.78 Å². The predicted molar refractivity (Wildman–Crippen MR) is 59.4 cm³/mol. The van der Waals surface area contributed by atoms with Crippen molar-refractivity contribution in [3.8, 4) is 0 Å². The molecular formula is C10H14N2O3S. The Morgan fingerprint density at radius 3 is 3.12 bits per heavy atom. The highest BCUT2D eigenvalue weighted by Gasteiger charge is 2.30. The van der Waals surface area contributed by atoms with Crippen LogP contribution in [-0.4, -0.2) is 39.3 Å². The van der Waals surface area contributed by atoms with Gasteiger partial charge in [-0.15, -0.1) is 11.3 Å². The van der Waals surface area contributed by atoms with E-state index in [9.17, 15) is 9.90 Å². The van der Waals surface area contributed by atoms with Gasteiger partial charge in [-0.2, -0.15) is 0 Å². The summed E-state index contributed by atoms with van der Waals surface area (Å²) in [6.07, 6.45) is 1.77. The number of nitrogens with zero attached hydrogens (tertiary/aromatic N) is 2. The molecule has 0 saturated carbocycles. The molecule has 0 radical (unpaired) electrons. The lowest BCUT2D eigenvalue weighted by Gasteiger charge is -2.32. The second-order valence-electron chi connectivity index (χ2n) is 3.95. The zero-order valence-electron chi connectivity index (χ0n) is 8.74. The molecule has 16 heavy (non-hydrogen) atoms. The lowest BCUT2D eigenvalue weighted by Crippen LogP contribution is -2.40. The number of hydrogen-bond donors (Lipinski definition) is 2. The van der Waals surface area contributed by atoms with Gasteiger partial charge in [0.2, 0.25) is 0 Å². The second-order valence-corrected chi connectivity index (χ2v) is 4.87. The van der Waals surface area contributed by atoms with E-state index in [0.717, 1.165) is 12.8 Å². The zero-order valence-corrected chi connectivity index (χ0v) is 9.56. The fourth-order valence-electron chi connectivity index (χ4n) is 2.02. The lowest BCUT2D eigenvalue weighted by molar-refractivity contribution is 0.0502. The minimum Gasteiger partial charge on any atom is -0.465 e. The van der Waals surface area contributed by atoms with Crippen LogP contribution in [0.15, 0.2) is 11.6 Å². The average Bonchev–Trinajstić information content (AvgIpc) is 2.81. The first kappa shape index (κ1) is 11.3. The molecule has 2 rings (SSSR count). The van der Waals surface area contributed by atoms with Gasteiger partial charge in [0.1, 0.15) is 11.1 Å². The maximum Gasteiger partial charge on any atom is 0.407 e. The molecule has 0 bridgehead atoms. The molecule has 2 N–H and O–H groups in total. The largest absolute Gasteiger partial charge is 0.465 e. The highest BCUT2D eigenvalue weighted by Crippen LogP contribution is 2.30. The minimum absolute atomic E-state index is 0.0315. The van der Waals surface area contributed by atoms with Crippen LogP contribution in [0.2, 0.25) is 0 Å². The van der Waals surface area contributed by atoms with E-state index >= 15 is 0 Å². The Hall–Kier alpha value is -1.14. The first-order valence-corrected chi connectivity index (χ1v) is 6.12. The van der Waals surface area contributed by atoms with Crippen molar-refractivity contribution in [1.29, 1.82) is 0 Å². The molecule has 0 spiro atoms. The van der Waals surface area contributed by atoms with Crippen molar-refractivity contribution in [2.24, 2.45) is 5.92 Å². The smallest absolute Gasteiger partial charge is 0.407 e. The Balaban J connectivity index is 2.01. The summed E-state index contributed by atoms with van der Waals surface area (Å²) in [5.74, 6) is -0.0315. The van der Waals surface area contributed by atoms with Crippen LogP contribution in [0.5, 0.6) is 0 Å². The number of thiazole rings is 1. The number of aliphatic hydroxyl groups excluding tert-OH is 1. The predicted octanol–water partition coefficient (Wildman–Crippen LogP) is 1.57. The van der Waals surface area contributed by atoms with Crippen molar-refractivity contribution in [2.45, 2.75) is 18.9 Å². The molecule has 1 aliphatic rings. The van der Waals surface area contributed by atoms with Crippen LogP contribution in [0.4, 0.5) is 4.79 Å². The summed E-state index contributed by atoms with van der Waals surface area (Å²) in [4.78, 5) is 16.3. The van der Waals surface area contributed by atoms with Crippen molar-refractivity contribution in [2.75, 3.05) is 13.1 Å². The highest BCUT2D eigenvalue weighted by molar-refractivity contribution is 7.09. The Kier molecular flexibility index (Phi) is 3.40. The maximum atomic E-state index is 10.8. The third-order valence-electron chi connectivity index (χ3n) is 2.88. The van der Waals surface area contributed by atoms with E-state index in [4.69, 9.17) is 5.11 Å². The van der Waals surface area contributed by atoms with Crippen LogP contribution in [-0.2, 0) is 0 Å². The van der Waals surface area contributed by atoms with E-state index in [-0.39, 0.29) is 5.92 Å². The zero-order chi connectivity index (χ0) is 11.5. The molecule has 1 saturated heterocycles. The summed E-state index contributed by atoms with van der Waals surface area (Å²) in [5, 5.41) is 21.5. The number of amides is 1. The fraction of sp³-hybridized carbons (Fsp3) is 0.600. The number of carbonyl (C=O) groups is 1. The monoisotopic (exact) mass is 242 g/mol. The van der Waals surface area contributed by atoms with Crippen molar-refractivity contribution in [1.82, 2.24) is 9.88 Å². The van der Waals surface area contributed by atoms with Gasteiger partial charge >= 0.3 is 6.09 Å². The molecule has 5 nitrogen and oxygen atoms in total. The number of aromatic nitrogens is 1. The molecular weight excluding hydrogens is 228 g/mol. The first-order chi connectivity index (χ1) is 7.68. The normalized spacial score (nSPS) is 23.1. The average molecular weight is 242 g/mol. The van der Waals surface area contributed by atoms with E-state index < -0.39 is 12.2 Å². The van der Waals surface area contributed by atoms with Gasteiger partial charge in [0.05, 0.1) is 0 Å². The summed E-state index contributed by atoms with van der Waals surface area (Å²) in [6, 6.07) is 0. The number of hydrogen-bond acceptors (Lipinski definition) is 4. The molecule has 88 valence electrons. The van der Waals surface area contributed by atoms with Gasteiger partial charge in [0, 0.05) is 30.6 Å². The molecule has 2 atom stereocenters. The Morgan fingerprint density at radius 2 is 2.50 bits per heavy atom. The van der Waals surface area contributed by atoms with Crippen molar-refractivity contribution < 1.29 is 15.0 Å². The minimum atomic E-state index is -0.906. The van der Waals surface area contributed by atoms with E-state index in [1.807, 2.05) is 5.38 Å². The second kappa shape index (κ2) is 4.80. The van der Waals surface area contributed by atoms with Crippen LogP contribution < -0.4 is 0 Å². The summed E-state index contributed by atoms with van der Waals surface area (Å²) in [7, 11) is 0. The Labute approximate surface area is 97.4 Å². The molecule has 1 aromatic rings. The molecule has 1 aromatic heterocycles. The molecule has 0 aromatic carbocycles. The van der Waals surface area contributed by atoms with Crippen molar-refractivity contribution in [3.05, 3.63) is 16.6 Å². The number of likely N-dealkylation sites (tertiary alicyclic amines) is 1. The standard InChI is InChI=1S/C10H14N2O3S/c13-8(9-11-3-5-16-9)7-2-1-4-12(6-7)10(14)15/h3,5,7-8,13H,1-2,4,6H2,(H,14,15)/t7?,8-/m0/s1. The summed E-state index contributed by atoms with van der Waals surface area (Å²) in [6.45, 7) is 0.965. The summed E-state index contributed by atoms with van der Waals surface area (Å²) < 4.78 is 0. The summed E-state index contributed by atoms with van der Waals surface area (Å²) >= 11 is 1.41. The van der Waals surface area contributed by atoms with Crippen molar-refractivity contribution >= 4 is 17.4 Å². The highest BCUT2D eigenvalue weighted by atomic mass is 32.1. The summed E-state index contributed by atoms with van der Waals surface area (Å²) in [5.41, 5.74) is 0. The van der Waals surface area contributed by atoms with Gasteiger partial charge in [0.15, 0.2) is 0 Å². The number of piperidine rings is 1. The van der Waals surface area contributed by atoms with Crippen LogP contribution in [0.1, 0.15) is 24.0 Å². The molecule has 2 heterocycles. The van der Waals surface area contributed by atoms with E-state index in [1.54, 1.807) is 6.20 Å². The van der Waals surface area contributed by atoms with E-state index in [2.05, 4.69) is 4.98 Å². The third kappa shape index (κ3) is 2.33. The lowest BCUT2D eigenvalue weighted by atomic mass is 9.93. The van der Waals surface area contributed by atoms with Gasteiger partial charge in [-0.3, -0.25) is 0 Å². The number of carboxylic acid groups (broad SMARTS) is 1. The van der Waals surface area contributed by atoms with Gasteiger partial charge < -0.3 is 15.1 Å². The van der Waals surface area contributed by atoms with Crippen LogP contribution >= 0.6 is 11.3 Å². The van der Waals surface area contributed by atoms with Crippen LogP contribution in [0, 0.1) is 5.92 Å². The molecule has 1 aliphatic heterocycles. The maximum absolute atomic E-state index is 10.8. The van der Waals surface area contributed by atoms with Gasteiger partial charge in [0.25, 0.3) is 0 Å². The quantitative estimate of drug-likeness (QED) is 0.825.